The van der Waals surface area contributed by atoms with Crippen LogP contribution in [-0.2, 0) is 7.05 Å². The molecule has 4 heterocycles. The minimum Gasteiger partial charge on any atom is -0.506 e. The van der Waals surface area contributed by atoms with Crippen molar-refractivity contribution in [3.8, 4) is 34.1 Å². The van der Waals surface area contributed by atoms with Gasteiger partial charge in [0.15, 0.2) is 5.82 Å². The molecular formula is C26H29FN6O2. The Bertz CT molecular complexity index is 1380. The fourth-order valence-corrected chi connectivity index (χ4v) is 5.18. The van der Waals surface area contributed by atoms with Crippen molar-refractivity contribution >= 4 is 10.9 Å². The SMILES string of the molecule is Cn1cc2cc(-c3cnc(-c4ccc(OC5CC(C)(C)NC(C)(C)C5)nn4)c(O)c3)cc(F)c2n1. The summed E-state index contributed by atoms with van der Waals surface area (Å²) in [6.45, 7) is 8.67. The molecule has 0 atom stereocenters. The molecule has 0 aliphatic carbocycles. The number of ether oxygens (including phenoxy) is 1. The highest BCUT2D eigenvalue weighted by Crippen LogP contribution is 2.34. The number of hydrogen-bond acceptors (Lipinski definition) is 7. The Balaban J connectivity index is 1.36. The summed E-state index contributed by atoms with van der Waals surface area (Å²) in [7, 11) is 1.74. The molecule has 1 aliphatic heterocycles. The number of nitrogens with one attached hydrogen (secondary N) is 1. The minimum atomic E-state index is -0.427. The zero-order chi connectivity index (χ0) is 25.0. The van der Waals surface area contributed by atoms with E-state index in [2.05, 4.69) is 53.3 Å². The summed E-state index contributed by atoms with van der Waals surface area (Å²) in [4.78, 5) is 4.38. The summed E-state index contributed by atoms with van der Waals surface area (Å²) >= 11 is 0. The number of fused-ring (bicyclic) bond motifs is 1. The van der Waals surface area contributed by atoms with Crippen LogP contribution < -0.4 is 10.1 Å². The van der Waals surface area contributed by atoms with E-state index < -0.39 is 5.82 Å². The Labute approximate surface area is 203 Å². The van der Waals surface area contributed by atoms with Crippen LogP contribution in [0.2, 0.25) is 0 Å². The van der Waals surface area contributed by atoms with E-state index in [1.165, 1.54) is 6.07 Å². The Morgan fingerprint density at radius 3 is 2.46 bits per heavy atom. The maximum atomic E-state index is 14.5. The Morgan fingerprint density at radius 2 is 1.80 bits per heavy atom. The van der Waals surface area contributed by atoms with E-state index in [1.54, 1.807) is 42.3 Å². The molecule has 3 aromatic heterocycles. The van der Waals surface area contributed by atoms with Gasteiger partial charge in [0.05, 0.1) is 0 Å². The lowest BCUT2D eigenvalue weighted by atomic mass is 9.81. The quantitative estimate of drug-likeness (QED) is 0.443. The first-order valence-corrected chi connectivity index (χ1v) is 11.6. The van der Waals surface area contributed by atoms with Gasteiger partial charge in [0, 0.05) is 60.4 Å². The van der Waals surface area contributed by atoms with E-state index in [9.17, 15) is 9.50 Å². The predicted molar refractivity (Wildman–Crippen MR) is 132 cm³/mol. The van der Waals surface area contributed by atoms with Crippen LogP contribution in [-0.4, -0.2) is 47.3 Å². The minimum absolute atomic E-state index is 0.0183. The third kappa shape index (κ3) is 4.81. The van der Waals surface area contributed by atoms with Gasteiger partial charge in [-0.1, -0.05) is 0 Å². The highest BCUT2D eigenvalue weighted by Gasteiger charge is 2.38. The zero-order valence-electron chi connectivity index (χ0n) is 20.5. The van der Waals surface area contributed by atoms with Crippen LogP contribution in [0.1, 0.15) is 40.5 Å². The van der Waals surface area contributed by atoms with Crippen LogP contribution in [0.4, 0.5) is 4.39 Å². The number of benzene rings is 1. The van der Waals surface area contributed by atoms with Gasteiger partial charge in [0.1, 0.15) is 28.8 Å². The lowest BCUT2D eigenvalue weighted by molar-refractivity contribution is 0.0524. The number of hydrogen-bond donors (Lipinski definition) is 2. The Kier molecular flexibility index (Phi) is 5.47. The third-order valence-corrected chi connectivity index (χ3v) is 6.20. The standard InChI is InChI=1S/C26H29FN6O2/c1-25(2)11-18(12-26(3,4)32-25)35-22-7-6-20(29-30-22)24-21(34)10-16(13-28-24)15-8-17-14-33(5)31-23(17)19(27)9-15/h6-10,13-14,18,32,34H,11-12H2,1-5H3. The van der Waals surface area contributed by atoms with Crippen molar-refractivity contribution in [1.82, 2.24) is 30.3 Å². The molecule has 0 saturated carbocycles. The van der Waals surface area contributed by atoms with Gasteiger partial charge in [-0.25, -0.2) is 9.37 Å². The van der Waals surface area contributed by atoms with Crippen LogP contribution >= 0.6 is 0 Å². The molecule has 0 radical (unpaired) electrons. The monoisotopic (exact) mass is 476 g/mol. The molecule has 4 aromatic rings. The predicted octanol–water partition coefficient (Wildman–Crippen LogP) is 4.63. The van der Waals surface area contributed by atoms with Crippen molar-refractivity contribution in [3.63, 3.8) is 0 Å². The van der Waals surface area contributed by atoms with E-state index in [0.29, 0.717) is 39.3 Å². The zero-order valence-corrected chi connectivity index (χ0v) is 20.5. The summed E-state index contributed by atoms with van der Waals surface area (Å²) in [6.07, 6.45) is 5.06. The molecule has 8 nitrogen and oxygen atoms in total. The summed E-state index contributed by atoms with van der Waals surface area (Å²) in [5, 5.41) is 27.5. The van der Waals surface area contributed by atoms with Crippen LogP contribution in [0.15, 0.2) is 42.7 Å². The van der Waals surface area contributed by atoms with E-state index in [0.717, 1.165) is 12.8 Å². The fourth-order valence-electron chi connectivity index (χ4n) is 5.18. The molecule has 0 spiro atoms. The average molecular weight is 477 g/mol. The van der Waals surface area contributed by atoms with Crippen molar-refractivity contribution < 1.29 is 14.2 Å². The van der Waals surface area contributed by atoms with Gasteiger partial charge in [-0.05, 0) is 57.5 Å². The number of aryl methyl sites for hydroxylation is 1. The molecule has 5 rings (SSSR count). The second-order valence-electron chi connectivity index (χ2n) is 10.6. The van der Waals surface area contributed by atoms with Crippen LogP contribution in [0.5, 0.6) is 11.6 Å². The lowest BCUT2D eigenvalue weighted by Crippen LogP contribution is -2.60. The van der Waals surface area contributed by atoms with Crippen LogP contribution in [0.3, 0.4) is 0 Å². The molecule has 182 valence electrons. The molecule has 0 amide bonds. The maximum absolute atomic E-state index is 14.5. The van der Waals surface area contributed by atoms with E-state index >= 15 is 0 Å². The molecule has 0 bridgehead atoms. The second kappa shape index (κ2) is 8.27. The molecule has 1 saturated heterocycles. The van der Waals surface area contributed by atoms with Crippen molar-refractivity contribution in [2.24, 2.45) is 7.05 Å². The maximum Gasteiger partial charge on any atom is 0.233 e. The molecule has 2 N–H and O–H groups in total. The molecule has 1 aromatic carbocycles. The Morgan fingerprint density at radius 1 is 1.06 bits per heavy atom. The summed E-state index contributed by atoms with van der Waals surface area (Å²) in [6, 6.07) is 8.22. The van der Waals surface area contributed by atoms with E-state index in [-0.39, 0.29) is 22.9 Å². The number of nitrogens with zero attached hydrogens (tertiary/aromatic N) is 5. The van der Waals surface area contributed by atoms with Crippen molar-refractivity contribution in [3.05, 3.63) is 48.5 Å². The van der Waals surface area contributed by atoms with Crippen LogP contribution in [0.25, 0.3) is 33.4 Å². The van der Waals surface area contributed by atoms with Gasteiger partial charge < -0.3 is 15.2 Å². The molecule has 9 heteroatoms. The van der Waals surface area contributed by atoms with E-state index in [4.69, 9.17) is 4.74 Å². The Hall–Kier alpha value is -3.59. The fraction of sp³-hybridized carbons (Fsp3) is 0.385. The number of pyridine rings is 1. The average Bonchev–Trinajstić information content (AvgIpc) is 3.13. The van der Waals surface area contributed by atoms with Gasteiger partial charge >= 0.3 is 0 Å². The topological polar surface area (TPSA) is 98.0 Å². The first-order valence-electron chi connectivity index (χ1n) is 11.6. The highest BCUT2D eigenvalue weighted by atomic mass is 19.1. The first kappa shape index (κ1) is 23.2. The summed E-state index contributed by atoms with van der Waals surface area (Å²) < 4.78 is 22.2. The number of rotatable bonds is 4. The number of halogens is 1. The largest absolute Gasteiger partial charge is 0.506 e. The van der Waals surface area contributed by atoms with Gasteiger partial charge in [-0.3, -0.25) is 4.68 Å². The molecule has 0 unspecified atom stereocenters. The van der Waals surface area contributed by atoms with Gasteiger partial charge in [-0.15, -0.1) is 10.2 Å². The third-order valence-electron chi connectivity index (χ3n) is 6.20. The summed E-state index contributed by atoms with van der Waals surface area (Å²) in [5.74, 6) is -0.0636. The number of aromatic nitrogens is 5. The normalized spacial score (nSPS) is 17.5. The first-order chi connectivity index (χ1) is 16.5. The van der Waals surface area contributed by atoms with Gasteiger partial charge in [0.25, 0.3) is 0 Å². The molecule has 1 aliphatic rings. The number of piperidine rings is 1. The van der Waals surface area contributed by atoms with Crippen molar-refractivity contribution in [1.29, 1.82) is 0 Å². The molecule has 35 heavy (non-hydrogen) atoms. The second-order valence-corrected chi connectivity index (χ2v) is 10.6. The van der Waals surface area contributed by atoms with Crippen molar-refractivity contribution in [2.75, 3.05) is 0 Å². The highest BCUT2D eigenvalue weighted by molar-refractivity contribution is 5.85. The van der Waals surface area contributed by atoms with Gasteiger partial charge in [-0.2, -0.15) is 5.10 Å². The lowest BCUT2D eigenvalue weighted by Gasteiger charge is -2.46. The van der Waals surface area contributed by atoms with Crippen molar-refractivity contribution in [2.45, 2.75) is 57.7 Å². The summed E-state index contributed by atoms with van der Waals surface area (Å²) in [5.41, 5.74) is 2.11. The number of aromatic hydroxyl groups is 1. The van der Waals surface area contributed by atoms with Gasteiger partial charge in [0.2, 0.25) is 5.88 Å². The van der Waals surface area contributed by atoms with E-state index in [1.807, 2.05) is 6.07 Å². The molecule has 1 fully saturated rings. The van der Waals surface area contributed by atoms with Crippen LogP contribution in [0, 0.1) is 5.82 Å². The smallest absolute Gasteiger partial charge is 0.233 e. The molecular weight excluding hydrogens is 447 g/mol.